The summed E-state index contributed by atoms with van der Waals surface area (Å²) < 4.78 is 0. The van der Waals surface area contributed by atoms with E-state index < -0.39 is 6.04 Å². The van der Waals surface area contributed by atoms with Crippen LogP contribution in [0.5, 0.6) is 0 Å². The molecular formula is C12H20N4O3. The Morgan fingerprint density at radius 1 is 1.37 bits per heavy atom. The fourth-order valence-corrected chi connectivity index (χ4v) is 2.42. The second-order valence-electron chi connectivity index (χ2n) is 5.23. The molecule has 2 heterocycles. The second kappa shape index (κ2) is 5.66. The van der Waals surface area contributed by atoms with Gasteiger partial charge in [-0.1, -0.05) is 0 Å². The van der Waals surface area contributed by atoms with Crippen LogP contribution < -0.4 is 11.1 Å². The molecule has 106 valence electrons. The van der Waals surface area contributed by atoms with Crippen LogP contribution >= 0.6 is 0 Å². The lowest BCUT2D eigenvalue weighted by Gasteiger charge is -2.29. The Morgan fingerprint density at radius 2 is 2.00 bits per heavy atom. The Balaban J connectivity index is 1.79. The first-order valence-electron chi connectivity index (χ1n) is 6.55. The largest absolute Gasteiger partial charge is 0.343 e. The third kappa shape index (κ3) is 3.30. The zero-order valence-corrected chi connectivity index (χ0v) is 11.1. The van der Waals surface area contributed by atoms with E-state index in [2.05, 4.69) is 5.32 Å². The number of likely N-dealkylation sites (tertiary alicyclic amines) is 2. The molecule has 2 aliphatic rings. The molecule has 7 heteroatoms. The van der Waals surface area contributed by atoms with Gasteiger partial charge in [-0.25, -0.2) is 0 Å². The van der Waals surface area contributed by atoms with Crippen LogP contribution in [0.25, 0.3) is 0 Å². The van der Waals surface area contributed by atoms with E-state index in [4.69, 9.17) is 5.73 Å². The number of nitrogens with two attached hydrogens (primary N) is 1. The van der Waals surface area contributed by atoms with Crippen molar-refractivity contribution in [3.05, 3.63) is 0 Å². The van der Waals surface area contributed by atoms with Crippen LogP contribution in [0.3, 0.4) is 0 Å². The van der Waals surface area contributed by atoms with Crippen LogP contribution in [-0.2, 0) is 14.4 Å². The molecule has 0 spiro atoms. The number of carbonyl (C=O) groups is 3. The molecule has 3 amide bonds. The van der Waals surface area contributed by atoms with Crippen molar-refractivity contribution < 1.29 is 14.4 Å². The average molecular weight is 268 g/mol. The van der Waals surface area contributed by atoms with Gasteiger partial charge in [0.1, 0.15) is 6.04 Å². The van der Waals surface area contributed by atoms with Gasteiger partial charge in [-0.05, 0) is 12.8 Å². The quantitative estimate of drug-likeness (QED) is 0.594. The lowest BCUT2D eigenvalue weighted by atomic mass is 10.1. The molecular weight excluding hydrogens is 248 g/mol. The van der Waals surface area contributed by atoms with Gasteiger partial charge in [-0.3, -0.25) is 24.2 Å². The van der Waals surface area contributed by atoms with E-state index in [-0.39, 0.29) is 36.7 Å². The minimum absolute atomic E-state index is 0.0615. The van der Waals surface area contributed by atoms with Gasteiger partial charge in [0.2, 0.25) is 11.8 Å². The molecule has 0 saturated carbocycles. The van der Waals surface area contributed by atoms with Crippen molar-refractivity contribution in [1.29, 1.82) is 0 Å². The van der Waals surface area contributed by atoms with E-state index in [9.17, 15) is 14.4 Å². The van der Waals surface area contributed by atoms with Gasteiger partial charge in [0, 0.05) is 26.2 Å². The van der Waals surface area contributed by atoms with Gasteiger partial charge in [0.15, 0.2) is 0 Å². The smallest absolute Gasteiger partial charge is 0.252 e. The van der Waals surface area contributed by atoms with E-state index in [0.29, 0.717) is 0 Å². The Hall–Kier alpha value is -1.47. The van der Waals surface area contributed by atoms with Crippen molar-refractivity contribution in [1.82, 2.24) is 15.1 Å². The highest BCUT2D eigenvalue weighted by atomic mass is 16.2. The minimum atomic E-state index is -0.697. The zero-order chi connectivity index (χ0) is 14.0. The second-order valence-corrected chi connectivity index (χ2v) is 5.23. The normalized spacial score (nSPS) is 26.0. The molecule has 0 radical (unpaired) electrons. The predicted molar refractivity (Wildman–Crippen MR) is 68.0 cm³/mol. The summed E-state index contributed by atoms with van der Waals surface area (Å²) in [5.74, 6) is -0.796. The molecule has 0 bridgehead atoms. The molecule has 0 aromatic rings. The van der Waals surface area contributed by atoms with Gasteiger partial charge in [-0.15, -0.1) is 0 Å². The van der Waals surface area contributed by atoms with Crippen molar-refractivity contribution in [2.75, 3.05) is 26.7 Å². The zero-order valence-electron chi connectivity index (χ0n) is 11.1. The number of carbonyl (C=O) groups excluding carboxylic acids is 3. The van der Waals surface area contributed by atoms with Gasteiger partial charge in [0.05, 0.1) is 13.0 Å². The fourth-order valence-electron chi connectivity index (χ4n) is 2.42. The predicted octanol–water partition coefficient (Wildman–Crippen LogP) is -1.72. The molecule has 0 aromatic heterocycles. The number of hydrogen-bond acceptors (Lipinski definition) is 5. The summed E-state index contributed by atoms with van der Waals surface area (Å²) in [5, 5.41) is 2.62. The molecule has 19 heavy (non-hydrogen) atoms. The third-order valence-electron chi connectivity index (χ3n) is 3.72. The van der Waals surface area contributed by atoms with Gasteiger partial charge >= 0.3 is 0 Å². The number of nitrogens with zero attached hydrogens (tertiary/aromatic N) is 2. The van der Waals surface area contributed by atoms with Crippen molar-refractivity contribution in [3.8, 4) is 0 Å². The average Bonchev–Trinajstić information content (AvgIpc) is 2.60. The van der Waals surface area contributed by atoms with Crippen LogP contribution in [0.2, 0.25) is 0 Å². The summed E-state index contributed by atoms with van der Waals surface area (Å²) in [6, 6.07) is -0.473. The number of imide groups is 1. The standard InChI is InChI=1S/C12H20N4O3/c1-15-11(18)6-9(12(15)19)14-10(17)7-16-4-2-8(13)3-5-16/h8-9H,2-7,13H2,1H3,(H,14,17). The lowest BCUT2D eigenvalue weighted by molar-refractivity contribution is -0.138. The van der Waals surface area contributed by atoms with Crippen LogP contribution in [0.15, 0.2) is 0 Å². The van der Waals surface area contributed by atoms with Crippen LogP contribution in [0.1, 0.15) is 19.3 Å². The summed E-state index contributed by atoms with van der Waals surface area (Å²) in [6.45, 7) is 1.85. The van der Waals surface area contributed by atoms with E-state index in [1.165, 1.54) is 7.05 Å². The molecule has 2 fully saturated rings. The Morgan fingerprint density at radius 3 is 2.53 bits per heavy atom. The summed E-state index contributed by atoms with van der Waals surface area (Å²) in [4.78, 5) is 37.9. The van der Waals surface area contributed by atoms with E-state index in [1.54, 1.807) is 0 Å². The number of hydrogen-bond donors (Lipinski definition) is 2. The number of rotatable bonds is 3. The molecule has 0 aliphatic carbocycles. The molecule has 2 rings (SSSR count). The Bertz CT molecular complexity index is 390. The topological polar surface area (TPSA) is 95.7 Å². The maximum absolute atomic E-state index is 11.8. The summed E-state index contributed by atoms with van der Waals surface area (Å²) >= 11 is 0. The van der Waals surface area contributed by atoms with Crippen LogP contribution in [0.4, 0.5) is 0 Å². The highest BCUT2D eigenvalue weighted by Gasteiger charge is 2.37. The van der Waals surface area contributed by atoms with Crippen LogP contribution in [0, 0.1) is 0 Å². The molecule has 2 aliphatic heterocycles. The van der Waals surface area contributed by atoms with Gasteiger partial charge < -0.3 is 11.1 Å². The van der Waals surface area contributed by atoms with Gasteiger partial charge in [0.25, 0.3) is 5.91 Å². The van der Waals surface area contributed by atoms with Gasteiger partial charge in [-0.2, -0.15) is 0 Å². The first-order valence-corrected chi connectivity index (χ1v) is 6.55. The third-order valence-corrected chi connectivity index (χ3v) is 3.72. The first-order chi connectivity index (χ1) is 8.97. The highest BCUT2D eigenvalue weighted by molar-refractivity contribution is 6.06. The molecule has 0 aromatic carbocycles. The molecule has 1 atom stereocenters. The summed E-state index contributed by atoms with van der Waals surface area (Å²) in [6.07, 6.45) is 1.83. The Kier molecular flexibility index (Phi) is 4.16. The van der Waals surface area contributed by atoms with E-state index in [0.717, 1.165) is 30.8 Å². The molecule has 1 unspecified atom stereocenters. The minimum Gasteiger partial charge on any atom is -0.343 e. The van der Waals surface area contributed by atoms with Crippen molar-refractivity contribution in [2.45, 2.75) is 31.3 Å². The maximum Gasteiger partial charge on any atom is 0.252 e. The van der Waals surface area contributed by atoms with Crippen molar-refractivity contribution in [2.24, 2.45) is 5.73 Å². The summed E-state index contributed by atoms with van der Waals surface area (Å²) in [5.41, 5.74) is 5.79. The maximum atomic E-state index is 11.8. The summed E-state index contributed by atoms with van der Waals surface area (Å²) in [7, 11) is 1.43. The number of nitrogens with one attached hydrogen (secondary N) is 1. The fraction of sp³-hybridized carbons (Fsp3) is 0.750. The number of piperidine rings is 1. The van der Waals surface area contributed by atoms with E-state index in [1.807, 2.05) is 4.90 Å². The monoisotopic (exact) mass is 268 g/mol. The van der Waals surface area contributed by atoms with Crippen LogP contribution in [-0.4, -0.2) is 66.3 Å². The first kappa shape index (κ1) is 14.0. The van der Waals surface area contributed by atoms with Crippen molar-refractivity contribution in [3.63, 3.8) is 0 Å². The SMILES string of the molecule is CN1C(=O)CC(NC(=O)CN2CCC(N)CC2)C1=O. The number of likely N-dealkylation sites (N-methyl/N-ethyl adjacent to an activating group) is 1. The van der Waals surface area contributed by atoms with E-state index >= 15 is 0 Å². The highest BCUT2D eigenvalue weighted by Crippen LogP contribution is 2.11. The molecule has 7 nitrogen and oxygen atoms in total. The molecule has 2 saturated heterocycles. The number of amides is 3. The lowest BCUT2D eigenvalue weighted by Crippen LogP contribution is -2.48. The van der Waals surface area contributed by atoms with Crippen molar-refractivity contribution >= 4 is 17.7 Å². The Labute approximate surface area is 112 Å². The molecule has 3 N–H and O–H groups in total.